The van der Waals surface area contributed by atoms with Gasteiger partial charge in [-0.25, -0.2) is 0 Å². The summed E-state index contributed by atoms with van der Waals surface area (Å²) in [6, 6.07) is 0. The fraction of sp³-hybridized carbons (Fsp3) is 0.889. The summed E-state index contributed by atoms with van der Waals surface area (Å²) >= 11 is 1.88. The Bertz CT molecular complexity index is 145. The predicted molar refractivity (Wildman–Crippen MR) is 57.2 cm³/mol. The van der Waals surface area contributed by atoms with Gasteiger partial charge in [0, 0.05) is 25.3 Å². The van der Waals surface area contributed by atoms with Gasteiger partial charge in [0.25, 0.3) is 0 Å². The SMILES string of the molecule is CSCCNC1=NCCCCC1. The summed E-state index contributed by atoms with van der Waals surface area (Å²) in [5.74, 6) is 2.42. The molecule has 0 saturated carbocycles. The first-order valence-electron chi connectivity index (χ1n) is 4.69. The Morgan fingerprint density at radius 1 is 1.42 bits per heavy atom. The predicted octanol–water partition coefficient (Wildman–Crippen LogP) is 1.91. The summed E-state index contributed by atoms with van der Waals surface area (Å²) in [5.41, 5.74) is 0. The van der Waals surface area contributed by atoms with Crippen molar-refractivity contribution in [2.45, 2.75) is 25.7 Å². The Morgan fingerprint density at radius 2 is 2.33 bits per heavy atom. The third-order valence-corrected chi connectivity index (χ3v) is 2.62. The summed E-state index contributed by atoms with van der Waals surface area (Å²) in [5, 5.41) is 3.39. The topological polar surface area (TPSA) is 24.4 Å². The molecule has 2 nitrogen and oxygen atoms in total. The van der Waals surface area contributed by atoms with E-state index in [1.54, 1.807) is 0 Å². The molecular formula is C9H18N2S. The standard InChI is InChI=1S/C9H18N2S/c1-12-8-7-11-9-5-3-2-4-6-10-9/h2-8H2,1H3,(H,10,11). The summed E-state index contributed by atoms with van der Waals surface area (Å²) in [7, 11) is 0. The molecule has 0 aromatic rings. The van der Waals surface area contributed by atoms with Crippen LogP contribution in [-0.4, -0.2) is 30.9 Å². The lowest BCUT2D eigenvalue weighted by Gasteiger charge is -2.06. The van der Waals surface area contributed by atoms with Crippen LogP contribution in [0.25, 0.3) is 0 Å². The molecule has 0 aliphatic carbocycles. The molecule has 0 radical (unpaired) electrons. The number of nitrogens with one attached hydrogen (secondary N) is 1. The summed E-state index contributed by atoms with van der Waals surface area (Å²) in [6.45, 7) is 2.10. The Balaban J connectivity index is 2.15. The molecule has 1 rings (SSSR count). The highest BCUT2D eigenvalue weighted by Gasteiger charge is 2.02. The Hall–Kier alpha value is -0.180. The highest BCUT2D eigenvalue weighted by Crippen LogP contribution is 2.05. The zero-order chi connectivity index (χ0) is 8.65. The van der Waals surface area contributed by atoms with E-state index >= 15 is 0 Å². The van der Waals surface area contributed by atoms with Gasteiger partial charge in [0.05, 0.1) is 5.84 Å². The minimum Gasteiger partial charge on any atom is -0.373 e. The molecule has 0 unspecified atom stereocenters. The Kier molecular flexibility index (Phi) is 5.24. The largest absolute Gasteiger partial charge is 0.373 e. The molecule has 0 amide bonds. The monoisotopic (exact) mass is 186 g/mol. The molecule has 3 heteroatoms. The van der Waals surface area contributed by atoms with Gasteiger partial charge in [-0.1, -0.05) is 6.42 Å². The van der Waals surface area contributed by atoms with E-state index < -0.39 is 0 Å². The molecule has 0 aromatic carbocycles. The van der Waals surface area contributed by atoms with Crippen LogP contribution in [0, 0.1) is 0 Å². The van der Waals surface area contributed by atoms with Gasteiger partial charge in [-0.15, -0.1) is 0 Å². The molecule has 0 fully saturated rings. The molecule has 70 valence electrons. The average molecular weight is 186 g/mol. The summed E-state index contributed by atoms with van der Waals surface area (Å²) in [4.78, 5) is 4.49. The number of aliphatic imine (C=N–C) groups is 1. The number of thioether (sulfide) groups is 1. The van der Waals surface area contributed by atoms with Gasteiger partial charge >= 0.3 is 0 Å². The summed E-state index contributed by atoms with van der Waals surface area (Å²) < 4.78 is 0. The van der Waals surface area contributed by atoms with E-state index in [1.807, 2.05) is 11.8 Å². The fourth-order valence-electron chi connectivity index (χ4n) is 1.32. The maximum absolute atomic E-state index is 4.49. The van der Waals surface area contributed by atoms with Crippen molar-refractivity contribution in [3.63, 3.8) is 0 Å². The fourth-order valence-corrected chi connectivity index (χ4v) is 1.62. The number of hydrogen-bond donors (Lipinski definition) is 1. The second-order valence-corrected chi connectivity index (χ2v) is 4.04. The second-order valence-electron chi connectivity index (χ2n) is 3.06. The smallest absolute Gasteiger partial charge is 0.0963 e. The van der Waals surface area contributed by atoms with Gasteiger partial charge in [0.2, 0.25) is 0 Å². The molecule has 0 bridgehead atoms. The number of rotatable bonds is 3. The molecule has 0 spiro atoms. The third-order valence-electron chi connectivity index (χ3n) is 2.01. The molecule has 1 aliphatic rings. The van der Waals surface area contributed by atoms with E-state index in [1.165, 1.54) is 30.9 Å². The van der Waals surface area contributed by atoms with Crippen molar-refractivity contribution < 1.29 is 0 Å². The zero-order valence-corrected chi connectivity index (χ0v) is 8.62. The quantitative estimate of drug-likeness (QED) is 0.681. The van der Waals surface area contributed by atoms with Gasteiger partial charge in [0.1, 0.15) is 0 Å². The highest BCUT2D eigenvalue weighted by atomic mass is 32.2. The molecule has 0 atom stereocenters. The molecule has 0 saturated heterocycles. The highest BCUT2D eigenvalue weighted by molar-refractivity contribution is 7.98. The molecule has 0 aromatic heterocycles. The van der Waals surface area contributed by atoms with Crippen LogP contribution in [0.2, 0.25) is 0 Å². The van der Waals surface area contributed by atoms with Crippen LogP contribution in [0.5, 0.6) is 0 Å². The zero-order valence-electron chi connectivity index (χ0n) is 7.81. The summed E-state index contributed by atoms with van der Waals surface area (Å²) in [6.07, 6.45) is 7.22. The first kappa shape index (κ1) is 9.90. The average Bonchev–Trinajstić information content (AvgIpc) is 2.33. The van der Waals surface area contributed by atoms with E-state index in [0.29, 0.717) is 0 Å². The van der Waals surface area contributed by atoms with Crippen molar-refractivity contribution in [1.82, 2.24) is 5.32 Å². The van der Waals surface area contributed by atoms with Gasteiger partial charge in [0.15, 0.2) is 0 Å². The maximum Gasteiger partial charge on any atom is 0.0963 e. The molecule has 1 N–H and O–H groups in total. The van der Waals surface area contributed by atoms with Crippen molar-refractivity contribution in [1.29, 1.82) is 0 Å². The lowest BCUT2D eigenvalue weighted by molar-refractivity contribution is 0.729. The van der Waals surface area contributed by atoms with Crippen LogP contribution in [0.15, 0.2) is 4.99 Å². The van der Waals surface area contributed by atoms with E-state index in [0.717, 1.165) is 19.5 Å². The minimum atomic E-state index is 1.03. The first-order chi connectivity index (χ1) is 5.93. The Labute approximate surface area is 79.2 Å². The van der Waals surface area contributed by atoms with Crippen LogP contribution in [-0.2, 0) is 0 Å². The van der Waals surface area contributed by atoms with Gasteiger partial charge in [-0.2, -0.15) is 11.8 Å². The number of nitrogens with zero attached hydrogens (tertiary/aromatic N) is 1. The van der Waals surface area contributed by atoms with Crippen molar-refractivity contribution >= 4 is 17.6 Å². The first-order valence-corrected chi connectivity index (χ1v) is 6.09. The van der Waals surface area contributed by atoms with E-state index in [9.17, 15) is 0 Å². The van der Waals surface area contributed by atoms with E-state index in [4.69, 9.17) is 0 Å². The van der Waals surface area contributed by atoms with Crippen LogP contribution < -0.4 is 5.32 Å². The normalized spacial score (nSPS) is 18.2. The van der Waals surface area contributed by atoms with Crippen molar-refractivity contribution in [2.75, 3.05) is 25.1 Å². The molecule has 1 heterocycles. The minimum absolute atomic E-state index is 1.03. The van der Waals surface area contributed by atoms with Crippen molar-refractivity contribution in [3.05, 3.63) is 0 Å². The third kappa shape index (κ3) is 4.00. The number of hydrogen-bond acceptors (Lipinski definition) is 3. The van der Waals surface area contributed by atoms with Crippen LogP contribution in [0.1, 0.15) is 25.7 Å². The van der Waals surface area contributed by atoms with Crippen LogP contribution in [0.4, 0.5) is 0 Å². The lowest BCUT2D eigenvalue weighted by Crippen LogP contribution is -2.25. The van der Waals surface area contributed by atoms with Gasteiger partial charge in [-0.3, -0.25) is 4.99 Å². The Morgan fingerprint density at radius 3 is 3.17 bits per heavy atom. The van der Waals surface area contributed by atoms with Crippen molar-refractivity contribution in [2.24, 2.45) is 4.99 Å². The second kappa shape index (κ2) is 6.35. The van der Waals surface area contributed by atoms with E-state index in [2.05, 4.69) is 16.6 Å². The molecule has 12 heavy (non-hydrogen) atoms. The van der Waals surface area contributed by atoms with Crippen molar-refractivity contribution in [3.8, 4) is 0 Å². The number of amidine groups is 1. The molecule has 1 aliphatic heterocycles. The van der Waals surface area contributed by atoms with Crippen LogP contribution in [0.3, 0.4) is 0 Å². The lowest BCUT2D eigenvalue weighted by atomic mass is 10.2. The molecular weight excluding hydrogens is 168 g/mol. The van der Waals surface area contributed by atoms with E-state index in [-0.39, 0.29) is 0 Å². The maximum atomic E-state index is 4.49. The van der Waals surface area contributed by atoms with Gasteiger partial charge in [-0.05, 0) is 19.1 Å². The van der Waals surface area contributed by atoms with Crippen LogP contribution >= 0.6 is 11.8 Å². The van der Waals surface area contributed by atoms with Gasteiger partial charge < -0.3 is 5.32 Å².